The van der Waals surface area contributed by atoms with E-state index in [4.69, 9.17) is 9.72 Å². The number of ether oxygens (including phenoxy) is 1. The molecule has 1 aliphatic rings. The van der Waals surface area contributed by atoms with Crippen LogP contribution in [0.15, 0.2) is 85.1 Å². The second kappa shape index (κ2) is 10.1. The molecule has 0 N–H and O–H groups in total. The Labute approximate surface area is 207 Å². The van der Waals surface area contributed by atoms with E-state index in [1.165, 1.54) is 12.0 Å². The second-order valence-corrected chi connectivity index (χ2v) is 8.96. The van der Waals surface area contributed by atoms with Gasteiger partial charge in [0.05, 0.1) is 7.11 Å². The van der Waals surface area contributed by atoms with Crippen molar-refractivity contribution in [1.29, 1.82) is 0 Å². The number of benzene rings is 2. The molecule has 178 valence electrons. The number of ketones is 1. The van der Waals surface area contributed by atoms with E-state index in [0.29, 0.717) is 22.9 Å². The molecule has 0 saturated carbocycles. The van der Waals surface area contributed by atoms with Gasteiger partial charge in [0, 0.05) is 49.0 Å². The Bertz CT molecular complexity index is 1340. The van der Waals surface area contributed by atoms with Gasteiger partial charge in [-0.05, 0) is 49.6 Å². The number of pyridine rings is 2. The predicted molar refractivity (Wildman–Crippen MR) is 141 cm³/mol. The highest BCUT2D eigenvalue weighted by Gasteiger charge is 2.23. The van der Waals surface area contributed by atoms with Crippen molar-refractivity contribution < 1.29 is 11.0 Å². The summed E-state index contributed by atoms with van der Waals surface area (Å²) in [6.45, 7) is 3.70. The van der Waals surface area contributed by atoms with Gasteiger partial charge >= 0.3 is 0 Å². The number of anilines is 1. The van der Waals surface area contributed by atoms with Crippen molar-refractivity contribution in [3.8, 4) is 16.9 Å². The lowest BCUT2D eigenvalue weighted by Gasteiger charge is -2.34. The fraction of sp³-hybridized carbons (Fsp3) is 0.233. The number of carbonyl (C=O) groups is 1. The zero-order valence-corrected chi connectivity index (χ0v) is 20.1. The van der Waals surface area contributed by atoms with Gasteiger partial charge < -0.3 is 9.64 Å². The van der Waals surface area contributed by atoms with Gasteiger partial charge in [0.2, 0.25) is 5.78 Å². The Hall–Kier alpha value is -3.99. The Morgan fingerprint density at radius 1 is 1.03 bits per heavy atom. The zero-order chi connectivity index (χ0) is 24.2. The Morgan fingerprint density at radius 3 is 2.66 bits per heavy atom. The fourth-order valence-electron chi connectivity index (χ4n) is 4.84. The minimum absolute atomic E-state index is 0. The van der Waals surface area contributed by atoms with Crippen LogP contribution in [0.3, 0.4) is 0 Å². The van der Waals surface area contributed by atoms with Gasteiger partial charge in [-0.15, -0.1) is 0 Å². The molecular formula is C30H31N3O2. The molecule has 1 fully saturated rings. The lowest BCUT2D eigenvalue weighted by molar-refractivity contribution is 0.103. The molecule has 2 aromatic carbocycles. The van der Waals surface area contributed by atoms with E-state index in [0.717, 1.165) is 42.2 Å². The number of carbonyl (C=O) groups excluding carboxylic acids is 1. The number of hydrogen-bond donors (Lipinski definition) is 0. The van der Waals surface area contributed by atoms with E-state index in [-0.39, 0.29) is 7.21 Å². The van der Waals surface area contributed by atoms with Gasteiger partial charge in [-0.25, -0.2) is 4.98 Å². The number of methoxy groups -OCH3 is 1. The van der Waals surface area contributed by atoms with Crippen LogP contribution >= 0.6 is 0 Å². The molecule has 3 heterocycles. The maximum absolute atomic E-state index is 13.6. The van der Waals surface area contributed by atoms with Crippen LogP contribution in [0.5, 0.6) is 5.75 Å². The summed E-state index contributed by atoms with van der Waals surface area (Å²) in [5, 5.41) is 0. The first-order valence-electron chi connectivity index (χ1n) is 12.1. The molecule has 2 aromatic heterocycles. The molecule has 5 rings (SSSR count). The van der Waals surface area contributed by atoms with Crippen molar-refractivity contribution in [2.24, 2.45) is 0 Å². The summed E-state index contributed by atoms with van der Waals surface area (Å²) in [5.41, 5.74) is 4.78. The van der Waals surface area contributed by atoms with Crippen LogP contribution in [0.1, 0.15) is 47.5 Å². The third kappa shape index (κ3) is 4.80. The molecule has 1 unspecified atom stereocenters. The van der Waals surface area contributed by atoms with Crippen LogP contribution in [-0.2, 0) is 0 Å². The number of hydrogen-bond acceptors (Lipinski definition) is 5. The molecule has 5 nitrogen and oxygen atoms in total. The van der Waals surface area contributed by atoms with Crippen molar-refractivity contribution in [1.82, 2.24) is 9.97 Å². The standard InChI is InChI=1S/C30H29N3O2.H2/c1-21-26(18-24(19-31-21)25-13-6-7-15-28(25)35-2)30(34)27-14-8-16-29(32-27)33-17-9-12-23(20-33)22-10-4-3-5-11-22;/h3-8,10-11,13-16,18-19,23H,9,12,17,20H2,1-2H3;1H. The topological polar surface area (TPSA) is 55.3 Å². The highest BCUT2D eigenvalue weighted by atomic mass is 16.5. The van der Waals surface area contributed by atoms with E-state index >= 15 is 0 Å². The van der Waals surface area contributed by atoms with Gasteiger partial charge in [0.1, 0.15) is 17.3 Å². The normalized spacial score (nSPS) is 15.6. The predicted octanol–water partition coefficient (Wildman–Crippen LogP) is 6.32. The fourth-order valence-corrected chi connectivity index (χ4v) is 4.84. The molecule has 1 atom stereocenters. The molecule has 0 amide bonds. The molecule has 1 saturated heterocycles. The first-order valence-corrected chi connectivity index (χ1v) is 12.1. The summed E-state index contributed by atoms with van der Waals surface area (Å²) in [6.07, 6.45) is 4.05. The molecule has 0 bridgehead atoms. The van der Waals surface area contributed by atoms with Crippen LogP contribution in [0.2, 0.25) is 0 Å². The number of piperidine rings is 1. The molecule has 1 aliphatic heterocycles. The molecule has 0 spiro atoms. The third-order valence-electron chi connectivity index (χ3n) is 6.73. The van der Waals surface area contributed by atoms with Gasteiger partial charge in [-0.3, -0.25) is 9.78 Å². The summed E-state index contributed by atoms with van der Waals surface area (Å²) < 4.78 is 5.51. The lowest BCUT2D eigenvalue weighted by atomic mass is 9.90. The third-order valence-corrected chi connectivity index (χ3v) is 6.73. The summed E-state index contributed by atoms with van der Waals surface area (Å²) in [7, 11) is 1.64. The number of nitrogens with zero attached hydrogens (tertiary/aromatic N) is 3. The monoisotopic (exact) mass is 465 g/mol. The van der Waals surface area contributed by atoms with Gasteiger partial charge in [0.25, 0.3) is 0 Å². The molecule has 0 radical (unpaired) electrons. The maximum Gasteiger partial charge on any atom is 0.213 e. The number of para-hydroxylation sites is 1. The Kier molecular flexibility index (Phi) is 6.57. The number of aryl methyl sites for hydroxylation is 1. The minimum Gasteiger partial charge on any atom is -0.496 e. The number of aromatic nitrogens is 2. The molecule has 5 heteroatoms. The van der Waals surface area contributed by atoms with Crippen molar-refractivity contribution >= 4 is 11.6 Å². The summed E-state index contributed by atoms with van der Waals surface area (Å²) in [4.78, 5) is 25.2. The van der Waals surface area contributed by atoms with E-state index in [2.05, 4.69) is 40.2 Å². The Morgan fingerprint density at radius 2 is 1.83 bits per heavy atom. The van der Waals surface area contributed by atoms with Crippen LogP contribution in [0, 0.1) is 6.92 Å². The quantitative estimate of drug-likeness (QED) is 0.312. The van der Waals surface area contributed by atoms with E-state index in [1.54, 1.807) is 19.4 Å². The van der Waals surface area contributed by atoms with Gasteiger partial charge in [-0.1, -0.05) is 54.6 Å². The van der Waals surface area contributed by atoms with E-state index in [1.807, 2.05) is 49.4 Å². The van der Waals surface area contributed by atoms with Gasteiger partial charge in [-0.2, -0.15) is 0 Å². The average Bonchev–Trinajstić information content (AvgIpc) is 2.93. The van der Waals surface area contributed by atoms with E-state index in [9.17, 15) is 4.79 Å². The van der Waals surface area contributed by atoms with Crippen LogP contribution in [0.4, 0.5) is 5.82 Å². The van der Waals surface area contributed by atoms with Crippen molar-refractivity contribution in [3.05, 3.63) is 108 Å². The molecule has 35 heavy (non-hydrogen) atoms. The zero-order valence-electron chi connectivity index (χ0n) is 20.1. The van der Waals surface area contributed by atoms with Crippen LogP contribution < -0.4 is 9.64 Å². The summed E-state index contributed by atoms with van der Waals surface area (Å²) in [5.74, 6) is 1.94. The van der Waals surface area contributed by atoms with Crippen LogP contribution in [0.25, 0.3) is 11.1 Å². The Balaban J connectivity index is 0.00000304. The van der Waals surface area contributed by atoms with Crippen molar-refractivity contribution in [2.75, 3.05) is 25.1 Å². The summed E-state index contributed by atoms with van der Waals surface area (Å²) in [6, 6.07) is 26.0. The van der Waals surface area contributed by atoms with Gasteiger partial charge in [0.15, 0.2) is 0 Å². The van der Waals surface area contributed by atoms with Crippen molar-refractivity contribution in [2.45, 2.75) is 25.7 Å². The first-order chi connectivity index (χ1) is 17.1. The smallest absolute Gasteiger partial charge is 0.213 e. The summed E-state index contributed by atoms with van der Waals surface area (Å²) >= 11 is 0. The molecule has 4 aromatic rings. The first kappa shape index (κ1) is 22.8. The van der Waals surface area contributed by atoms with E-state index < -0.39 is 0 Å². The molecule has 0 aliphatic carbocycles. The lowest BCUT2D eigenvalue weighted by Crippen LogP contribution is -2.35. The second-order valence-electron chi connectivity index (χ2n) is 8.96. The SMILES string of the molecule is COc1ccccc1-c1cnc(C)c(C(=O)c2cccc(N3CCCC(c4ccccc4)C3)n2)c1.[HH]. The highest BCUT2D eigenvalue weighted by molar-refractivity contribution is 6.09. The number of rotatable bonds is 6. The minimum atomic E-state index is -0.120. The van der Waals surface area contributed by atoms with Crippen LogP contribution in [-0.4, -0.2) is 36.0 Å². The van der Waals surface area contributed by atoms with Crippen molar-refractivity contribution in [3.63, 3.8) is 0 Å². The maximum atomic E-state index is 13.6. The highest BCUT2D eigenvalue weighted by Crippen LogP contribution is 2.32. The average molecular weight is 466 g/mol. The largest absolute Gasteiger partial charge is 0.496 e. The molecular weight excluding hydrogens is 434 g/mol.